The Labute approximate surface area is 195 Å². The summed E-state index contributed by atoms with van der Waals surface area (Å²) in [4.78, 5) is 16.3. The van der Waals surface area contributed by atoms with Crippen molar-refractivity contribution in [1.29, 1.82) is 0 Å². The lowest BCUT2D eigenvalue weighted by molar-refractivity contribution is 0.258. The van der Waals surface area contributed by atoms with Crippen LogP contribution in [0.5, 0.6) is 5.75 Å². The van der Waals surface area contributed by atoms with Crippen LogP contribution < -0.4 is 15.0 Å². The monoisotopic (exact) mass is 463 g/mol. The lowest BCUT2D eigenvalue weighted by Gasteiger charge is -2.19. The van der Waals surface area contributed by atoms with Crippen molar-refractivity contribution in [3.8, 4) is 5.75 Å². The number of nitrogens with zero attached hydrogens (tertiary/aromatic N) is 2. The fraction of sp³-hybridized carbons (Fsp3) is 0.375. The normalized spacial score (nSPS) is 10.7. The molecule has 0 aliphatic rings. The predicted octanol–water partition coefficient (Wildman–Crippen LogP) is 6.72. The summed E-state index contributed by atoms with van der Waals surface area (Å²) in [5.41, 5.74) is 1.34. The van der Waals surface area contributed by atoms with Crippen molar-refractivity contribution in [2.75, 3.05) is 44.0 Å². The van der Waals surface area contributed by atoms with E-state index >= 15 is 0 Å². The molecule has 0 aromatic heterocycles. The highest BCUT2D eigenvalue weighted by molar-refractivity contribution is 6.42. The first kappa shape index (κ1) is 25.1. The van der Waals surface area contributed by atoms with Crippen molar-refractivity contribution in [2.24, 2.45) is 0 Å². The summed E-state index contributed by atoms with van der Waals surface area (Å²) in [5.74, 6) is 0.799. The molecule has 0 fully saturated rings. The highest BCUT2D eigenvalue weighted by atomic mass is 35.5. The molecule has 5 nitrogen and oxygen atoms in total. The first-order valence-electron chi connectivity index (χ1n) is 10.4. The summed E-state index contributed by atoms with van der Waals surface area (Å²) < 4.78 is 5.82. The van der Waals surface area contributed by atoms with Crippen molar-refractivity contribution in [3.05, 3.63) is 65.2 Å². The molecule has 0 bridgehead atoms. The van der Waals surface area contributed by atoms with Crippen LogP contribution in [-0.4, -0.2) is 44.7 Å². The number of nitrogens with one attached hydrogen (secondary N) is 1. The Morgan fingerprint density at radius 1 is 1.03 bits per heavy atom. The second-order valence-electron chi connectivity index (χ2n) is 7.43. The molecular weight excluding hydrogens is 433 g/mol. The van der Waals surface area contributed by atoms with E-state index in [0.717, 1.165) is 37.4 Å². The molecule has 1 N–H and O–H groups in total. The van der Waals surface area contributed by atoms with E-state index in [1.807, 2.05) is 30.3 Å². The lowest BCUT2D eigenvalue weighted by Crippen LogP contribution is -2.31. The number of rotatable bonds is 12. The van der Waals surface area contributed by atoms with Gasteiger partial charge in [-0.2, -0.15) is 0 Å². The number of anilines is 2. The minimum Gasteiger partial charge on any atom is -0.494 e. The van der Waals surface area contributed by atoms with Gasteiger partial charge >= 0.3 is 6.03 Å². The van der Waals surface area contributed by atoms with Crippen LogP contribution in [0, 0.1) is 0 Å². The minimum absolute atomic E-state index is 0.272. The molecule has 0 radical (unpaired) electrons. The van der Waals surface area contributed by atoms with Gasteiger partial charge in [0.1, 0.15) is 5.75 Å². The van der Waals surface area contributed by atoms with Gasteiger partial charge in [0.05, 0.1) is 16.7 Å². The number of carbonyl (C=O) groups is 1. The third-order valence-corrected chi connectivity index (χ3v) is 5.58. The summed E-state index contributed by atoms with van der Waals surface area (Å²) >= 11 is 11.9. The summed E-state index contributed by atoms with van der Waals surface area (Å²) in [7, 11) is 3.82. The molecule has 0 saturated heterocycles. The molecule has 168 valence electrons. The summed E-state index contributed by atoms with van der Waals surface area (Å²) in [6.45, 7) is 6.48. The largest absolute Gasteiger partial charge is 0.494 e. The van der Waals surface area contributed by atoms with Gasteiger partial charge in [0.25, 0.3) is 0 Å². The molecule has 2 aromatic carbocycles. The Hall–Kier alpha value is -2.21. The number of halogens is 2. The van der Waals surface area contributed by atoms with Crippen LogP contribution in [0.2, 0.25) is 10.0 Å². The number of ether oxygens (including phenoxy) is 1. The van der Waals surface area contributed by atoms with Gasteiger partial charge < -0.3 is 15.0 Å². The van der Waals surface area contributed by atoms with Crippen LogP contribution in [0.15, 0.2) is 55.1 Å². The predicted molar refractivity (Wildman–Crippen MR) is 132 cm³/mol. The van der Waals surface area contributed by atoms with E-state index in [1.165, 1.54) is 17.7 Å². The van der Waals surface area contributed by atoms with Crippen LogP contribution >= 0.6 is 23.2 Å². The fourth-order valence-electron chi connectivity index (χ4n) is 3.00. The molecule has 31 heavy (non-hydrogen) atoms. The van der Waals surface area contributed by atoms with E-state index in [2.05, 4.69) is 23.8 Å². The Kier molecular flexibility index (Phi) is 10.7. The highest BCUT2D eigenvalue weighted by Crippen LogP contribution is 2.26. The number of hydrogen-bond donors (Lipinski definition) is 1. The van der Waals surface area contributed by atoms with Gasteiger partial charge in [0, 0.05) is 25.0 Å². The van der Waals surface area contributed by atoms with Crippen LogP contribution in [-0.2, 0) is 0 Å². The van der Waals surface area contributed by atoms with Crippen molar-refractivity contribution < 1.29 is 9.53 Å². The quantitative estimate of drug-likeness (QED) is 0.280. The number of likely N-dealkylation sites (N-methyl/N-ethyl adjacent to an activating group) is 1. The van der Waals surface area contributed by atoms with Gasteiger partial charge in [-0.15, -0.1) is 6.58 Å². The topological polar surface area (TPSA) is 44.8 Å². The van der Waals surface area contributed by atoms with E-state index < -0.39 is 0 Å². The SMILES string of the molecule is C=CCN(C)CCCCCCOc1ccc(N(C)C(=O)Nc2ccc(Cl)c(Cl)c2)cc1. The van der Waals surface area contributed by atoms with Crippen LogP contribution in [0.25, 0.3) is 0 Å². The van der Waals surface area contributed by atoms with Crippen molar-refractivity contribution >= 4 is 40.6 Å². The molecular formula is C24H31Cl2N3O2. The summed E-state index contributed by atoms with van der Waals surface area (Å²) in [5, 5.41) is 3.64. The zero-order valence-electron chi connectivity index (χ0n) is 18.2. The smallest absolute Gasteiger partial charge is 0.326 e. The molecule has 0 aliphatic carbocycles. The molecule has 2 rings (SSSR count). The van der Waals surface area contributed by atoms with Gasteiger partial charge in [-0.25, -0.2) is 4.79 Å². The fourth-order valence-corrected chi connectivity index (χ4v) is 3.30. The average Bonchev–Trinajstić information content (AvgIpc) is 2.75. The minimum atomic E-state index is -0.272. The summed E-state index contributed by atoms with van der Waals surface area (Å²) in [6, 6.07) is 12.2. The number of carbonyl (C=O) groups excluding carboxylic acids is 1. The molecule has 0 atom stereocenters. The Morgan fingerprint density at radius 2 is 1.74 bits per heavy atom. The van der Waals surface area contributed by atoms with E-state index in [9.17, 15) is 4.79 Å². The maximum Gasteiger partial charge on any atom is 0.326 e. The average molecular weight is 464 g/mol. The van der Waals surface area contributed by atoms with E-state index in [1.54, 1.807) is 25.2 Å². The molecule has 0 aliphatic heterocycles. The molecule has 2 amide bonds. The summed E-state index contributed by atoms with van der Waals surface area (Å²) in [6.07, 6.45) is 6.49. The zero-order chi connectivity index (χ0) is 22.6. The Balaban J connectivity index is 1.71. The third-order valence-electron chi connectivity index (χ3n) is 4.84. The maximum absolute atomic E-state index is 12.5. The Bertz CT molecular complexity index is 843. The van der Waals surface area contributed by atoms with Gasteiger partial charge in [-0.1, -0.05) is 42.1 Å². The standard InChI is InChI=1S/C24H31Cl2N3O2/c1-4-15-28(2)16-7-5-6-8-17-31-21-12-10-20(11-13-21)29(3)24(30)27-19-9-14-22(25)23(26)18-19/h4,9-14,18H,1,5-8,15-17H2,2-3H3,(H,27,30). The number of benzene rings is 2. The highest BCUT2D eigenvalue weighted by Gasteiger charge is 2.12. The molecule has 0 saturated carbocycles. The van der Waals surface area contributed by atoms with Gasteiger partial charge in [0.15, 0.2) is 0 Å². The molecule has 2 aromatic rings. The first-order chi connectivity index (χ1) is 14.9. The van der Waals surface area contributed by atoms with Gasteiger partial charge in [-0.05, 0) is 68.9 Å². The third kappa shape index (κ3) is 8.82. The Morgan fingerprint density at radius 3 is 2.42 bits per heavy atom. The second-order valence-corrected chi connectivity index (χ2v) is 8.24. The van der Waals surface area contributed by atoms with Crippen molar-refractivity contribution in [3.63, 3.8) is 0 Å². The number of urea groups is 1. The number of unbranched alkanes of at least 4 members (excludes halogenated alkanes) is 3. The van der Waals surface area contributed by atoms with Crippen LogP contribution in [0.3, 0.4) is 0 Å². The number of amides is 2. The second kappa shape index (κ2) is 13.3. The molecule has 0 spiro atoms. The zero-order valence-corrected chi connectivity index (χ0v) is 19.8. The van der Waals surface area contributed by atoms with Gasteiger partial charge in [0.2, 0.25) is 0 Å². The van der Waals surface area contributed by atoms with E-state index in [0.29, 0.717) is 22.3 Å². The lowest BCUT2D eigenvalue weighted by atomic mass is 10.2. The van der Waals surface area contributed by atoms with E-state index in [-0.39, 0.29) is 6.03 Å². The molecule has 0 unspecified atom stereocenters. The maximum atomic E-state index is 12.5. The van der Waals surface area contributed by atoms with E-state index in [4.69, 9.17) is 27.9 Å². The molecule has 7 heteroatoms. The molecule has 0 heterocycles. The van der Waals surface area contributed by atoms with Crippen LogP contribution in [0.1, 0.15) is 25.7 Å². The number of hydrogen-bond acceptors (Lipinski definition) is 3. The van der Waals surface area contributed by atoms with Crippen molar-refractivity contribution in [1.82, 2.24) is 4.90 Å². The van der Waals surface area contributed by atoms with Crippen LogP contribution in [0.4, 0.5) is 16.2 Å². The van der Waals surface area contributed by atoms with Crippen molar-refractivity contribution in [2.45, 2.75) is 25.7 Å². The first-order valence-corrected chi connectivity index (χ1v) is 11.2. The van der Waals surface area contributed by atoms with Gasteiger partial charge in [-0.3, -0.25) is 4.90 Å².